The van der Waals surface area contributed by atoms with E-state index < -0.39 is 0 Å². The van der Waals surface area contributed by atoms with Crippen molar-refractivity contribution in [1.29, 1.82) is 0 Å². The highest BCUT2D eigenvalue weighted by molar-refractivity contribution is 5.96. The molecule has 0 aliphatic heterocycles. The Balaban J connectivity index is 2.22. The van der Waals surface area contributed by atoms with Crippen LogP contribution in [0.15, 0.2) is 24.7 Å². The van der Waals surface area contributed by atoms with Crippen molar-refractivity contribution in [2.24, 2.45) is 0 Å². The van der Waals surface area contributed by atoms with Gasteiger partial charge in [0.05, 0.1) is 6.42 Å². The highest BCUT2D eigenvalue weighted by Gasteiger charge is 2.15. The zero-order valence-corrected chi connectivity index (χ0v) is 10.6. The van der Waals surface area contributed by atoms with Crippen molar-refractivity contribution in [2.75, 3.05) is 0 Å². The lowest BCUT2D eigenvalue weighted by molar-refractivity contribution is 0.0983. The summed E-state index contributed by atoms with van der Waals surface area (Å²) in [7, 11) is 0. The van der Waals surface area contributed by atoms with Gasteiger partial charge in [-0.2, -0.15) is 5.10 Å². The minimum atomic E-state index is -0.00449. The van der Waals surface area contributed by atoms with Crippen molar-refractivity contribution in [3.63, 3.8) is 0 Å². The van der Waals surface area contributed by atoms with Gasteiger partial charge >= 0.3 is 0 Å². The van der Waals surface area contributed by atoms with Gasteiger partial charge in [0, 0.05) is 12.7 Å². The summed E-state index contributed by atoms with van der Waals surface area (Å²) < 4.78 is 1.73. The number of aromatic nitrogens is 4. The van der Waals surface area contributed by atoms with Crippen LogP contribution in [0.4, 0.5) is 0 Å². The van der Waals surface area contributed by atoms with E-state index in [2.05, 4.69) is 15.1 Å². The molecule has 5 heteroatoms. The Kier molecular flexibility index (Phi) is 3.82. The van der Waals surface area contributed by atoms with E-state index in [-0.39, 0.29) is 12.2 Å². The second kappa shape index (κ2) is 5.53. The van der Waals surface area contributed by atoms with Gasteiger partial charge in [0.25, 0.3) is 0 Å². The van der Waals surface area contributed by atoms with Crippen LogP contribution >= 0.6 is 0 Å². The lowest BCUT2D eigenvalue weighted by Crippen LogP contribution is -2.13. The van der Waals surface area contributed by atoms with Crippen molar-refractivity contribution in [3.8, 4) is 0 Å². The Morgan fingerprint density at radius 3 is 2.89 bits per heavy atom. The maximum Gasteiger partial charge on any atom is 0.189 e. The van der Waals surface area contributed by atoms with Crippen LogP contribution < -0.4 is 0 Å². The number of hydrogen-bond acceptors (Lipinski definition) is 4. The van der Waals surface area contributed by atoms with Gasteiger partial charge in [0.2, 0.25) is 0 Å². The molecule has 0 fully saturated rings. The molecular formula is C13H16N4O. The molecule has 0 saturated carbocycles. The highest BCUT2D eigenvalue weighted by atomic mass is 16.1. The molecule has 94 valence electrons. The van der Waals surface area contributed by atoms with Gasteiger partial charge in [-0.05, 0) is 25.0 Å². The molecule has 0 atom stereocenters. The average molecular weight is 244 g/mol. The van der Waals surface area contributed by atoms with Crippen LogP contribution in [0.1, 0.15) is 35.7 Å². The van der Waals surface area contributed by atoms with Crippen LogP contribution in [0.3, 0.4) is 0 Å². The second-order valence-corrected chi connectivity index (χ2v) is 3.96. The smallest absolute Gasteiger partial charge is 0.189 e. The number of aryl methyl sites for hydroxylation is 2. The fourth-order valence-corrected chi connectivity index (χ4v) is 1.89. The summed E-state index contributed by atoms with van der Waals surface area (Å²) >= 11 is 0. The Hall–Kier alpha value is -2.04. The number of ketones is 1. The number of nitrogens with zero attached hydrogens (tertiary/aromatic N) is 4. The zero-order valence-electron chi connectivity index (χ0n) is 10.6. The van der Waals surface area contributed by atoms with E-state index in [1.165, 1.54) is 6.33 Å². The first-order valence-electron chi connectivity index (χ1n) is 6.10. The summed E-state index contributed by atoms with van der Waals surface area (Å²) in [6, 6.07) is 3.79. The number of Topliss-reactive ketones (excluding diaryl/α,β-unsaturated/α-hetero) is 1. The molecule has 0 N–H and O–H groups in total. The summed E-state index contributed by atoms with van der Waals surface area (Å²) in [5.74, 6) is 0.686. The number of hydrogen-bond donors (Lipinski definition) is 0. The van der Waals surface area contributed by atoms with Crippen LogP contribution in [0, 0.1) is 0 Å². The maximum absolute atomic E-state index is 12.2. The molecule has 0 unspecified atom stereocenters. The molecule has 0 bridgehead atoms. The summed E-state index contributed by atoms with van der Waals surface area (Å²) in [5, 5.41) is 4.06. The first-order chi connectivity index (χ1) is 8.76. The van der Waals surface area contributed by atoms with Crippen LogP contribution in [-0.4, -0.2) is 25.5 Å². The first-order valence-corrected chi connectivity index (χ1v) is 6.10. The standard InChI is InChI=1S/C13H16N4O/c1-3-10-6-5-7-14-13(10)11(18)8-12-15-9-16-17(12)4-2/h5-7,9H,3-4,8H2,1-2H3. The molecule has 0 spiro atoms. The van der Waals surface area contributed by atoms with Gasteiger partial charge in [-0.3, -0.25) is 9.78 Å². The third-order valence-corrected chi connectivity index (χ3v) is 2.85. The van der Waals surface area contributed by atoms with E-state index >= 15 is 0 Å². The zero-order chi connectivity index (χ0) is 13.0. The summed E-state index contributed by atoms with van der Waals surface area (Å²) in [6.07, 6.45) is 4.18. The first kappa shape index (κ1) is 12.4. The van der Waals surface area contributed by atoms with Gasteiger partial charge in [-0.15, -0.1) is 0 Å². The minimum Gasteiger partial charge on any atom is -0.292 e. The van der Waals surface area contributed by atoms with Crippen LogP contribution in [0.25, 0.3) is 0 Å². The normalized spacial score (nSPS) is 10.6. The molecule has 0 saturated heterocycles. The van der Waals surface area contributed by atoms with E-state index in [0.29, 0.717) is 18.1 Å². The van der Waals surface area contributed by atoms with Gasteiger partial charge in [0.1, 0.15) is 17.8 Å². The minimum absolute atomic E-state index is 0.00449. The SMILES string of the molecule is CCc1cccnc1C(=O)Cc1ncnn1CC. The molecule has 18 heavy (non-hydrogen) atoms. The molecule has 5 nitrogen and oxygen atoms in total. The fraction of sp³-hybridized carbons (Fsp3) is 0.385. The van der Waals surface area contributed by atoms with Crippen LogP contribution in [0.5, 0.6) is 0 Å². The quantitative estimate of drug-likeness (QED) is 0.751. The molecule has 0 radical (unpaired) electrons. The van der Waals surface area contributed by atoms with Gasteiger partial charge in [-0.1, -0.05) is 13.0 Å². The number of carbonyl (C=O) groups is 1. The third kappa shape index (κ3) is 2.45. The van der Waals surface area contributed by atoms with E-state index in [1.54, 1.807) is 10.9 Å². The molecule has 0 aromatic carbocycles. The molecule has 2 rings (SSSR count). The van der Waals surface area contributed by atoms with Crippen LogP contribution in [0.2, 0.25) is 0 Å². The Morgan fingerprint density at radius 1 is 1.33 bits per heavy atom. The lowest BCUT2D eigenvalue weighted by atomic mass is 10.1. The number of carbonyl (C=O) groups excluding carboxylic acids is 1. The maximum atomic E-state index is 12.2. The predicted octanol–water partition coefficient (Wildman–Crippen LogP) is 1.68. The summed E-state index contributed by atoms with van der Waals surface area (Å²) in [5.41, 5.74) is 1.52. The third-order valence-electron chi connectivity index (χ3n) is 2.85. The molecule has 2 heterocycles. The average Bonchev–Trinajstić information content (AvgIpc) is 2.85. The van der Waals surface area contributed by atoms with Crippen molar-refractivity contribution in [2.45, 2.75) is 33.2 Å². The number of rotatable bonds is 5. The lowest BCUT2D eigenvalue weighted by Gasteiger charge is -2.05. The topological polar surface area (TPSA) is 60.7 Å². The van der Waals surface area contributed by atoms with Gasteiger partial charge in [-0.25, -0.2) is 9.67 Å². The highest BCUT2D eigenvalue weighted by Crippen LogP contribution is 2.09. The molecule has 0 amide bonds. The Morgan fingerprint density at radius 2 is 2.17 bits per heavy atom. The molecule has 2 aromatic heterocycles. The molecule has 0 aliphatic rings. The van der Waals surface area contributed by atoms with Crippen molar-refractivity contribution >= 4 is 5.78 Å². The van der Waals surface area contributed by atoms with Gasteiger partial charge in [0.15, 0.2) is 5.78 Å². The van der Waals surface area contributed by atoms with E-state index in [4.69, 9.17) is 0 Å². The van der Waals surface area contributed by atoms with Crippen molar-refractivity contribution < 1.29 is 4.79 Å². The number of pyridine rings is 1. The largest absolute Gasteiger partial charge is 0.292 e. The summed E-state index contributed by atoms with van der Waals surface area (Å²) in [4.78, 5) is 20.5. The Labute approximate surface area is 106 Å². The van der Waals surface area contributed by atoms with Crippen molar-refractivity contribution in [3.05, 3.63) is 41.7 Å². The summed E-state index contributed by atoms with van der Waals surface area (Å²) in [6.45, 7) is 4.70. The molecular weight excluding hydrogens is 228 g/mol. The fourth-order valence-electron chi connectivity index (χ4n) is 1.89. The van der Waals surface area contributed by atoms with Crippen LogP contribution in [-0.2, 0) is 19.4 Å². The molecule has 2 aromatic rings. The monoisotopic (exact) mass is 244 g/mol. The second-order valence-electron chi connectivity index (χ2n) is 3.96. The molecule has 0 aliphatic carbocycles. The van der Waals surface area contributed by atoms with E-state index in [0.717, 1.165) is 12.0 Å². The Bertz CT molecular complexity index is 547. The van der Waals surface area contributed by atoms with E-state index in [1.807, 2.05) is 26.0 Å². The van der Waals surface area contributed by atoms with Gasteiger partial charge < -0.3 is 0 Å². The predicted molar refractivity (Wildman–Crippen MR) is 67.3 cm³/mol. The van der Waals surface area contributed by atoms with Crippen molar-refractivity contribution in [1.82, 2.24) is 19.7 Å². The van der Waals surface area contributed by atoms with E-state index in [9.17, 15) is 4.79 Å².